The number of carboxylic acids is 1. The molecule has 140 valence electrons. The van der Waals surface area contributed by atoms with Crippen LogP contribution in [0.5, 0.6) is 0 Å². The minimum Gasteiger partial charge on any atom is -0.481 e. The van der Waals surface area contributed by atoms with E-state index in [1.807, 2.05) is 49.4 Å². The number of fused-ring (bicyclic) bond motifs is 1. The van der Waals surface area contributed by atoms with Crippen molar-refractivity contribution in [1.82, 2.24) is 5.32 Å². The minimum absolute atomic E-state index is 0.139. The molecule has 1 unspecified atom stereocenters. The Morgan fingerprint density at radius 1 is 1.19 bits per heavy atom. The lowest BCUT2D eigenvalue weighted by Gasteiger charge is -2.29. The van der Waals surface area contributed by atoms with E-state index in [1.54, 1.807) is 6.07 Å². The first kappa shape index (κ1) is 19.0. The number of rotatable bonds is 6. The van der Waals surface area contributed by atoms with Crippen LogP contribution in [0.4, 0.5) is 5.69 Å². The number of aliphatic carboxylic acids is 1. The fourth-order valence-corrected chi connectivity index (χ4v) is 4.04. The smallest absolute Gasteiger partial charge is 0.305 e. The number of carboxylic acid groups (broad SMARTS) is 1. The van der Waals surface area contributed by atoms with Gasteiger partial charge in [-0.3, -0.25) is 14.4 Å². The van der Waals surface area contributed by atoms with Crippen LogP contribution in [0.25, 0.3) is 0 Å². The highest BCUT2D eigenvalue weighted by atomic mass is 32.2. The summed E-state index contributed by atoms with van der Waals surface area (Å²) in [7, 11) is 0. The number of benzene rings is 2. The van der Waals surface area contributed by atoms with Crippen molar-refractivity contribution >= 4 is 35.2 Å². The summed E-state index contributed by atoms with van der Waals surface area (Å²) in [4.78, 5) is 38.6. The lowest BCUT2D eigenvalue weighted by molar-refractivity contribution is -0.137. The van der Waals surface area contributed by atoms with Gasteiger partial charge in [0.15, 0.2) is 0 Å². The number of hydrogen-bond acceptors (Lipinski definition) is 4. The summed E-state index contributed by atoms with van der Waals surface area (Å²) < 4.78 is 0. The van der Waals surface area contributed by atoms with Gasteiger partial charge >= 0.3 is 5.97 Å². The summed E-state index contributed by atoms with van der Waals surface area (Å²) >= 11 is 1.45. The first-order valence-corrected chi connectivity index (χ1v) is 9.53. The molecule has 2 aromatic rings. The van der Waals surface area contributed by atoms with Gasteiger partial charge in [0, 0.05) is 4.90 Å². The monoisotopic (exact) mass is 384 g/mol. The summed E-state index contributed by atoms with van der Waals surface area (Å²) in [6.45, 7) is 1.73. The molecule has 1 atom stereocenters. The Morgan fingerprint density at radius 3 is 2.63 bits per heavy atom. The van der Waals surface area contributed by atoms with Crippen LogP contribution in [0.15, 0.2) is 53.4 Å². The third-order valence-corrected chi connectivity index (χ3v) is 5.44. The number of carbonyl (C=O) groups is 3. The van der Waals surface area contributed by atoms with Crippen LogP contribution < -0.4 is 10.2 Å². The Balaban J connectivity index is 1.78. The molecule has 3 rings (SSSR count). The van der Waals surface area contributed by atoms with E-state index in [9.17, 15) is 19.5 Å². The van der Waals surface area contributed by atoms with Gasteiger partial charge in [0.05, 0.1) is 23.9 Å². The van der Waals surface area contributed by atoms with Crippen LogP contribution in [-0.2, 0) is 14.4 Å². The molecule has 7 heteroatoms. The molecule has 6 nitrogen and oxygen atoms in total. The molecule has 0 aromatic heterocycles. The average Bonchev–Trinajstić information content (AvgIpc) is 2.63. The maximum absolute atomic E-state index is 12.6. The summed E-state index contributed by atoms with van der Waals surface area (Å²) in [6, 6.07) is 14.1. The zero-order valence-electron chi connectivity index (χ0n) is 14.8. The number of nitrogens with one attached hydrogen (secondary N) is 1. The number of aryl methyl sites for hydroxylation is 1. The predicted molar refractivity (Wildman–Crippen MR) is 104 cm³/mol. The number of carbonyl (C=O) groups excluding carboxylic acids is 2. The molecule has 1 aliphatic heterocycles. The second-order valence-corrected chi connectivity index (χ2v) is 7.33. The molecule has 0 saturated heterocycles. The fraction of sp³-hybridized carbons (Fsp3) is 0.250. The molecule has 0 saturated carbocycles. The number of nitrogens with zero attached hydrogens (tertiary/aromatic N) is 1. The topological polar surface area (TPSA) is 86.7 Å². The van der Waals surface area contributed by atoms with Gasteiger partial charge in [-0.2, -0.15) is 0 Å². The quantitative estimate of drug-likeness (QED) is 0.800. The molecular weight excluding hydrogens is 364 g/mol. The Labute approximate surface area is 161 Å². The van der Waals surface area contributed by atoms with Gasteiger partial charge in [-0.1, -0.05) is 36.4 Å². The van der Waals surface area contributed by atoms with Gasteiger partial charge in [-0.05, 0) is 30.2 Å². The normalized spacial score (nSPS) is 14.4. The van der Waals surface area contributed by atoms with Crippen molar-refractivity contribution in [3.05, 3.63) is 59.7 Å². The summed E-state index contributed by atoms with van der Waals surface area (Å²) in [5.41, 5.74) is 2.37. The third-order valence-electron chi connectivity index (χ3n) is 4.39. The summed E-state index contributed by atoms with van der Waals surface area (Å²) in [6.07, 6.45) is -0.225. The maximum atomic E-state index is 12.6. The highest BCUT2D eigenvalue weighted by Crippen LogP contribution is 2.34. The van der Waals surface area contributed by atoms with E-state index < -0.39 is 12.0 Å². The van der Waals surface area contributed by atoms with Crippen molar-refractivity contribution in [2.45, 2.75) is 24.3 Å². The van der Waals surface area contributed by atoms with Crippen LogP contribution in [0.3, 0.4) is 0 Å². The van der Waals surface area contributed by atoms with E-state index in [0.29, 0.717) is 5.69 Å². The van der Waals surface area contributed by atoms with E-state index in [4.69, 9.17) is 0 Å². The summed E-state index contributed by atoms with van der Waals surface area (Å²) in [5, 5.41) is 12.0. The average molecular weight is 384 g/mol. The fourth-order valence-electron chi connectivity index (χ4n) is 3.10. The molecule has 2 N–H and O–H groups in total. The number of anilines is 1. The van der Waals surface area contributed by atoms with Crippen molar-refractivity contribution in [3.63, 3.8) is 0 Å². The van der Waals surface area contributed by atoms with Crippen LogP contribution in [0, 0.1) is 6.92 Å². The minimum atomic E-state index is -1.00. The highest BCUT2D eigenvalue weighted by molar-refractivity contribution is 8.00. The van der Waals surface area contributed by atoms with Crippen LogP contribution >= 0.6 is 11.8 Å². The SMILES string of the molecule is Cc1ccccc1C(CC(=O)O)NC(=O)CN1C(=O)CSc2ccccc21. The van der Waals surface area contributed by atoms with Gasteiger partial charge < -0.3 is 15.3 Å². The van der Waals surface area contributed by atoms with E-state index in [0.717, 1.165) is 16.0 Å². The molecule has 1 heterocycles. The Morgan fingerprint density at radius 2 is 1.89 bits per heavy atom. The van der Waals surface area contributed by atoms with Gasteiger partial charge in [0.2, 0.25) is 11.8 Å². The Kier molecular flexibility index (Phi) is 5.81. The molecule has 0 radical (unpaired) electrons. The third kappa shape index (κ3) is 4.49. The van der Waals surface area contributed by atoms with Crippen LogP contribution in [0.1, 0.15) is 23.6 Å². The zero-order valence-corrected chi connectivity index (χ0v) is 15.7. The van der Waals surface area contributed by atoms with E-state index in [-0.39, 0.29) is 30.5 Å². The predicted octanol–water partition coefficient (Wildman–Crippen LogP) is 2.77. The van der Waals surface area contributed by atoms with Gasteiger partial charge in [-0.15, -0.1) is 11.8 Å². The largest absolute Gasteiger partial charge is 0.481 e. The molecule has 0 spiro atoms. The Hall–Kier alpha value is -2.80. The second-order valence-electron chi connectivity index (χ2n) is 6.31. The first-order chi connectivity index (χ1) is 13.0. The van der Waals surface area contributed by atoms with Gasteiger partial charge in [0.25, 0.3) is 0 Å². The molecule has 0 aliphatic carbocycles. The maximum Gasteiger partial charge on any atom is 0.305 e. The number of amides is 2. The van der Waals surface area contributed by atoms with Gasteiger partial charge in [0.1, 0.15) is 6.54 Å². The van der Waals surface area contributed by atoms with Gasteiger partial charge in [-0.25, -0.2) is 0 Å². The molecular formula is C20H20N2O4S. The van der Waals surface area contributed by atoms with E-state index >= 15 is 0 Å². The molecule has 27 heavy (non-hydrogen) atoms. The Bertz CT molecular complexity index is 884. The van der Waals surface area contributed by atoms with Crippen LogP contribution in [-0.4, -0.2) is 35.2 Å². The zero-order chi connectivity index (χ0) is 19.4. The lowest BCUT2D eigenvalue weighted by atomic mass is 9.98. The number of hydrogen-bond donors (Lipinski definition) is 2. The highest BCUT2D eigenvalue weighted by Gasteiger charge is 2.27. The molecule has 0 bridgehead atoms. The number of thioether (sulfide) groups is 1. The summed E-state index contributed by atoms with van der Waals surface area (Å²) in [5.74, 6) is -1.25. The van der Waals surface area contributed by atoms with Crippen molar-refractivity contribution in [1.29, 1.82) is 0 Å². The molecule has 2 aromatic carbocycles. The number of para-hydroxylation sites is 1. The van der Waals surface area contributed by atoms with Crippen molar-refractivity contribution in [2.75, 3.05) is 17.2 Å². The van der Waals surface area contributed by atoms with Crippen molar-refractivity contribution in [2.24, 2.45) is 0 Å². The van der Waals surface area contributed by atoms with Crippen molar-refractivity contribution < 1.29 is 19.5 Å². The molecule has 2 amide bonds. The van der Waals surface area contributed by atoms with E-state index in [2.05, 4.69) is 5.32 Å². The first-order valence-electron chi connectivity index (χ1n) is 8.54. The second kappa shape index (κ2) is 8.26. The lowest BCUT2D eigenvalue weighted by Crippen LogP contribution is -2.44. The van der Waals surface area contributed by atoms with Crippen molar-refractivity contribution in [3.8, 4) is 0 Å². The van der Waals surface area contributed by atoms with E-state index in [1.165, 1.54) is 16.7 Å². The van der Waals surface area contributed by atoms with Crippen LogP contribution in [0.2, 0.25) is 0 Å². The standard InChI is InChI=1S/C20H20N2O4S/c1-13-6-2-3-7-14(13)15(10-20(25)26)21-18(23)11-22-16-8-4-5-9-17(16)27-12-19(22)24/h2-9,15H,10-12H2,1H3,(H,21,23)(H,25,26). The molecule has 1 aliphatic rings. The molecule has 0 fully saturated rings.